The molecular weight excluding hydrogens is 508 g/mol. The number of aromatic nitrogens is 1. The van der Waals surface area contributed by atoms with Crippen LogP contribution in [0.4, 0.5) is 23.2 Å². The molecule has 200 valence electrons. The second-order valence-electron chi connectivity index (χ2n) is 10.2. The Balaban J connectivity index is 1.50. The van der Waals surface area contributed by atoms with Crippen molar-refractivity contribution in [3.8, 4) is 0 Å². The van der Waals surface area contributed by atoms with Gasteiger partial charge in [0.15, 0.2) is 0 Å². The number of aliphatic hydroxyl groups is 1. The average Bonchev–Trinajstić information content (AvgIpc) is 3.19. The number of halogens is 5. The van der Waals surface area contributed by atoms with Crippen LogP contribution in [-0.4, -0.2) is 76.6 Å². The predicted octanol–water partition coefficient (Wildman–Crippen LogP) is 5.13. The minimum atomic E-state index is -2.47. The smallest absolute Gasteiger partial charge is 0.218 e. The molecule has 1 saturated heterocycles. The largest absolute Gasteiger partial charge is 0.392 e. The van der Waals surface area contributed by atoms with Crippen LogP contribution < -0.4 is 5.32 Å². The summed E-state index contributed by atoms with van der Waals surface area (Å²) >= 11 is 5.92. The Morgan fingerprint density at radius 3 is 2.57 bits per heavy atom. The highest BCUT2D eigenvalue weighted by molar-refractivity contribution is 6.23. The van der Waals surface area contributed by atoms with Crippen molar-refractivity contribution in [2.75, 3.05) is 44.8 Å². The quantitative estimate of drug-likeness (QED) is 0.261. The Kier molecular flexibility index (Phi) is 7.42. The van der Waals surface area contributed by atoms with Crippen molar-refractivity contribution in [1.29, 1.82) is 0 Å². The zero-order valence-corrected chi connectivity index (χ0v) is 21.3. The number of alkyl halides is 3. The van der Waals surface area contributed by atoms with Crippen LogP contribution in [0.2, 0.25) is 0 Å². The van der Waals surface area contributed by atoms with Crippen LogP contribution >= 0.6 is 11.6 Å². The summed E-state index contributed by atoms with van der Waals surface area (Å²) in [7, 11) is 0. The first-order valence-electron chi connectivity index (χ1n) is 12.6. The molecule has 0 aliphatic carbocycles. The summed E-state index contributed by atoms with van der Waals surface area (Å²) in [4.78, 5) is 7.00. The average molecular weight is 539 g/mol. The number of likely N-dealkylation sites (tertiary alicyclic amines) is 1. The maximum absolute atomic E-state index is 15.7. The molecule has 2 aliphatic rings. The lowest BCUT2D eigenvalue weighted by Crippen LogP contribution is -2.54. The number of hydrogen-bond donors (Lipinski definition) is 3. The molecule has 2 aliphatic heterocycles. The molecule has 1 fully saturated rings. The van der Waals surface area contributed by atoms with Crippen LogP contribution in [0.5, 0.6) is 0 Å². The zero-order valence-electron chi connectivity index (χ0n) is 20.6. The van der Waals surface area contributed by atoms with Crippen LogP contribution in [0.25, 0.3) is 10.9 Å². The molecule has 2 aromatic carbocycles. The van der Waals surface area contributed by atoms with E-state index in [9.17, 15) is 13.9 Å². The third kappa shape index (κ3) is 5.19. The van der Waals surface area contributed by atoms with Gasteiger partial charge in [0.2, 0.25) is 5.13 Å². The molecule has 3 heterocycles. The minimum Gasteiger partial charge on any atom is -0.392 e. The summed E-state index contributed by atoms with van der Waals surface area (Å²) < 4.78 is 58.7. The molecule has 0 amide bonds. The fourth-order valence-electron chi connectivity index (χ4n) is 5.67. The van der Waals surface area contributed by atoms with E-state index < -0.39 is 36.0 Å². The van der Waals surface area contributed by atoms with Gasteiger partial charge in [0.1, 0.15) is 11.6 Å². The van der Waals surface area contributed by atoms with Crippen molar-refractivity contribution in [2.24, 2.45) is 0 Å². The molecule has 0 spiro atoms. The number of aromatic amines is 1. The minimum absolute atomic E-state index is 0.0173. The van der Waals surface area contributed by atoms with Crippen LogP contribution in [0.1, 0.15) is 36.2 Å². The van der Waals surface area contributed by atoms with Crippen molar-refractivity contribution in [3.05, 3.63) is 64.9 Å². The lowest BCUT2D eigenvalue weighted by atomic mass is 9.87. The van der Waals surface area contributed by atoms with Gasteiger partial charge in [-0.05, 0) is 43.5 Å². The van der Waals surface area contributed by atoms with Crippen molar-refractivity contribution in [3.63, 3.8) is 0 Å². The fraction of sp³-hybridized carbons (Fsp3) is 0.481. The van der Waals surface area contributed by atoms with Crippen LogP contribution in [0.15, 0.2) is 36.4 Å². The van der Waals surface area contributed by atoms with Gasteiger partial charge >= 0.3 is 0 Å². The molecule has 3 N–H and O–H groups in total. The summed E-state index contributed by atoms with van der Waals surface area (Å²) in [6, 6.07) is 8.88. The number of para-hydroxylation sites is 1. The summed E-state index contributed by atoms with van der Waals surface area (Å²) in [5, 5.41) is 11.1. The van der Waals surface area contributed by atoms with Gasteiger partial charge in [-0.15, -0.1) is 0 Å². The molecule has 5 nitrogen and oxygen atoms in total. The van der Waals surface area contributed by atoms with E-state index in [-0.39, 0.29) is 24.3 Å². The Morgan fingerprint density at radius 2 is 1.89 bits per heavy atom. The van der Waals surface area contributed by atoms with Gasteiger partial charge in [0.05, 0.1) is 31.9 Å². The van der Waals surface area contributed by atoms with Crippen LogP contribution in [0.3, 0.4) is 0 Å². The zero-order chi connectivity index (χ0) is 26.3. The number of H-pyrrole nitrogens is 1. The third-order valence-corrected chi connectivity index (χ3v) is 7.69. The lowest BCUT2D eigenvalue weighted by molar-refractivity contribution is 0.0535. The Labute approximate surface area is 218 Å². The Hall–Kier alpha value is -2.33. The van der Waals surface area contributed by atoms with E-state index in [1.54, 1.807) is 4.90 Å². The Morgan fingerprint density at radius 1 is 1.19 bits per heavy atom. The molecule has 5 rings (SSSR count). The summed E-state index contributed by atoms with van der Waals surface area (Å²) in [5.74, 6) is -1.51. The number of fused-ring (bicyclic) bond motifs is 3. The number of rotatable bonds is 9. The first kappa shape index (κ1) is 26.3. The molecule has 3 aromatic rings. The molecule has 0 bridgehead atoms. The molecular formula is C27H31ClF4N4O. The first-order valence-corrected chi connectivity index (χ1v) is 13.0. The van der Waals surface area contributed by atoms with Gasteiger partial charge in [-0.2, -0.15) is 0 Å². The van der Waals surface area contributed by atoms with E-state index >= 15 is 8.78 Å². The van der Waals surface area contributed by atoms with Crippen molar-refractivity contribution < 1.29 is 22.7 Å². The van der Waals surface area contributed by atoms with Crippen LogP contribution in [0, 0.1) is 11.6 Å². The second-order valence-corrected chi connectivity index (χ2v) is 10.9. The normalized spacial score (nSPS) is 22.6. The molecule has 10 heteroatoms. The van der Waals surface area contributed by atoms with Gasteiger partial charge in [0, 0.05) is 53.5 Å². The standard InChI is InChI=1S/C27H31ClF4N4O/c1-16-9-20-19-5-2-3-6-23(19)34-25(20)26(36(16)14-27(28,32)15-37)24-21(30)10-17(11-22(24)31)33-18-12-35(13-18)8-4-7-29/h2-3,5-6,10-11,16,18,26,33-34,37H,4,7-9,12-15H2,1H3/t16-,26-,27-/m1/s1. The van der Waals surface area contributed by atoms with E-state index in [2.05, 4.69) is 15.2 Å². The van der Waals surface area contributed by atoms with E-state index in [1.807, 2.05) is 31.2 Å². The Bertz CT molecular complexity index is 1240. The molecule has 1 aromatic heterocycles. The summed E-state index contributed by atoms with van der Waals surface area (Å²) in [5.41, 5.74) is 2.46. The van der Waals surface area contributed by atoms with E-state index in [0.29, 0.717) is 43.9 Å². The van der Waals surface area contributed by atoms with Gasteiger partial charge in [0.25, 0.3) is 0 Å². The summed E-state index contributed by atoms with van der Waals surface area (Å²) in [6.07, 6.45) is 0.993. The fourth-order valence-corrected chi connectivity index (χ4v) is 5.81. The monoisotopic (exact) mass is 538 g/mol. The summed E-state index contributed by atoms with van der Waals surface area (Å²) in [6.45, 7) is 2.15. The van der Waals surface area contributed by atoms with E-state index in [4.69, 9.17) is 11.6 Å². The molecule has 0 unspecified atom stereocenters. The molecule has 0 radical (unpaired) electrons. The van der Waals surface area contributed by atoms with Gasteiger partial charge in [-0.3, -0.25) is 14.2 Å². The van der Waals surface area contributed by atoms with Crippen molar-refractivity contribution >= 4 is 28.2 Å². The topological polar surface area (TPSA) is 54.5 Å². The number of aliphatic hydroxyl groups excluding tert-OH is 1. The third-order valence-electron chi connectivity index (χ3n) is 7.45. The highest BCUT2D eigenvalue weighted by Crippen LogP contribution is 2.44. The molecule has 37 heavy (non-hydrogen) atoms. The molecule has 3 atom stereocenters. The number of hydrogen-bond acceptors (Lipinski definition) is 4. The number of nitrogens with zero attached hydrogens (tertiary/aromatic N) is 2. The lowest BCUT2D eigenvalue weighted by Gasteiger charge is -2.43. The van der Waals surface area contributed by atoms with E-state index in [1.165, 1.54) is 12.1 Å². The second kappa shape index (κ2) is 10.4. The predicted molar refractivity (Wildman–Crippen MR) is 138 cm³/mol. The van der Waals surface area contributed by atoms with Gasteiger partial charge in [-0.1, -0.05) is 29.8 Å². The maximum atomic E-state index is 15.7. The first-order chi connectivity index (χ1) is 17.7. The highest BCUT2D eigenvalue weighted by atomic mass is 35.5. The maximum Gasteiger partial charge on any atom is 0.218 e. The van der Waals surface area contributed by atoms with Crippen molar-refractivity contribution in [2.45, 2.75) is 43.0 Å². The number of anilines is 1. The highest BCUT2D eigenvalue weighted by Gasteiger charge is 2.42. The SMILES string of the molecule is C[C@@H]1Cc2c([nH]c3ccccc23)[C@@H](c2c(F)cc(NC3CN(CCCF)C3)cc2F)N1C[C@](F)(Cl)CO. The van der Waals surface area contributed by atoms with Crippen molar-refractivity contribution in [1.82, 2.24) is 14.8 Å². The molecule has 0 saturated carbocycles. The number of benzene rings is 2. The number of nitrogens with one attached hydrogen (secondary N) is 2. The van der Waals surface area contributed by atoms with Gasteiger partial charge < -0.3 is 15.4 Å². The van der Waals surface area contributed by atoms with Gasteiger partial charge in [-0.25, -0.2) is 13.2 Å². The van der Waals surface area contributed by atoms with E-state index in [0.717, 1.165) is 16.5 Å². The van der Waals surface area contributed by atoms with Crippen LogP contribution in [-0.2, 0) is 6.42 Å².